The molecule has 2 aromatic carbocycles. The molecule has 0 saturated carbocycles. The Morgan fingerprint density at radius 3 is 2.50 bits per heavy atom. The van der Waals surface area contributed by atoms with E-state index in [1.165, 1.54) is 11.8 Å². The normalized spacial score (nSPS) is 10.3. The Morgan fingerprint density at radius 2 is 1.86 bits per heavy atom. The summed E-state index contributed by atoms with van der Waals surface area (Å²) in [4.78, 5) is 11.5. The first kappa shape index (κ1) is 17.0. The Kier molecular flexibility index (Phi) is 6.43. The predicted octanol–water partition coefficient (Wildman–Crippen LogP) is 4.87. The van der Waals surface area contributed by atoms with Crippen LogP contribution in [0.25, 0.3) is 0 Å². The van der Waals surface area contributed by atoms with Gasteiger partial charge >= 0.3 is 0 Å². The molecule has 22 heavy (non-hydrogen) atoms. The maximum absolute atomic E-state index is 11.5. The molecule has 3 nitrogen and oxygen atoms in total. The molecule has 0 bridgehead atoms. The molecule has 2 aromatic rings. The van der Waals surface area contributed by atoms with Crippen molar-refractivity contribution in [1.82, 2.24) is 0 Å². The van der Waals surface area contributed by atoms with Gasteiger partial charge in [0, 0.05) is 5.69 Å². The maximum Gasteiger partial charge on any atom is 0.234 e. The highest BCUT2D eigenvalue weighted by Gasteiger charge is 2.03. The third kappa shape index (κ3) is 5.13. The molecule has 0 fully saturated rings. The summed E-state index contributed by atoms with van der Waals surface area (Å²) in [5.41, 5.74) is 1.69. The van der Waals surface area contributed by atoms with Crippen LogP contribution in [0.1, 0.15) is 5.56 Å². The molecular weight excluding hydrogens is 341 g/mol. The van der Waals surface area contributed by atoms with Crippen LogP contribution in [0.5, 0.6) is 5.75 Å². The van der Waals surface area contributed by atoms with Crippen LogP contribution in [0.2, 0.25) is 10.0 Å². The summed E-state index contributed by atoms with van der Waals surface area (Å²) in [7, 11) is 0. The van der Waals surface area contributed by atoms with Crippen LogP contribution in [0.3, 0.4) is 0 Å². The van der Waals surface area contributed by atoms with Gasteiger partial charge in [-0.2, -0.15) is 11.8 Å². The number of hydrogen-bond donors (Lipinski definition) is 1. The molecule has 0 aromatic heterocycles. The van der Waals surface area contributed by atoms with Gasteiger partial charge in [-0.05, 0) is 48.2 Å². The molecule has 0 heterocycles. The minimum atomic E-state index is -0.0167. The van der Waals surface area contributed by atoms with E-state index in [2.05, 4.69) is 5.32 Å². The SMILES string of the molecule is CSCC(=O)Nc1ccc(OCc2ccc(Cl)c(Cl)c2)cc1. The Labute approximate surface area is 144 Å². The van der Waals surface area contributed by atoms with E-state index in [0.717, 1.165) is 11.3 Å². The van der Waals surface area contributed by atoms with Crippen LogP contribution in [0.15, 0.2) is 42.5 Å². The minimum Gasteiger partial charge on any atom is -0.489 e. The van der Waals surface area contributed by atoms with Crippen LogP contribution < -0.4 is 10.1 Å². The van der Waals surface area contributed by atoms with Crippen molar-refractivity contribution >= 4 is 46.6 Å². The average Bonchev–Trinajstić information content (AvgIpc) is 2.50. The van der Waals surface area contributed by atoms with Crippen LogP contribution >= 0.6 is 35.0 Å². The summed E-state index contributed by atoms with van der Waals surface area (Å²) in [6, 6.07) is 12.6. The summed E-state index contributed by atoms with van der Waals surface area (Å²) in [6.45, 7) is 0.398. The molecule has 0 atom stereocenters. The number of amides is 1. The molecule has 0 radical (unpaired) electrons. The molecule has 1 N–H and O–H groups in total. The van der Waals surface area contributed by atoms with Gasteiger partial charge in [-0.15, -0.1) is 0 Å². The van der Waals surface area contributed by atoms with Crippen molar-refractivity contribution in [1.29, 1.82) is 0 Å². The van der Waals surface area contributed by atoms with Crippen molar-refractivity contribution < 1.29 is 9.53 Å². The number of ether oxygens (including phenoxy) is 1. The monoisotopic (exact) mass is 355 g/mol. The zero-order valence-corrected chi connectivity index (χ0v) is 14.3. The van der Waals surface area contributed by atoms with E-state index in [4.69, 9.17) is 27.9 Å². The van der Waals surface area contributed by atoms with Crippen molar-refractivity contribution in [2.45, 2.75) is 6.61 Å². The smallest absolute Gasteiger partial charge is 0.234 e. The summed E-state index contributed by atoms with van der Waals surface area (Å²) in [5.74, 6) is 1.14. The Balaban J connectivity index is 1.91. The maximum atomic E-state index is 11.5. The first-order chi connectivity index (χ1) is 10.6. The molecule has 0 saturated heterocycles. The third-order valence-electron chi connectivity index (χ3n) is 2.80. The van der Waals surface area contributed by atoms with Crippen LogP contribution in [-0.2, 0) is 11.4 Å². The molecule has 0 unspecified atom stereocenters. The Morgan fingerprint density at radius 1 is 1.14 bits per heavy atom. The van der Waals surface area contributed by atoms with Crippen molar-refractivity contribution in [3.8, 4) is 5.75 Å². The zero-order chi connectivity index (χ0) is 15.9. The second-order valence-corrected chi connectivity index (χ2v) is 6.22. The number of halogens is 2. The van der Waals surface area contributed by atoms with Crippen LogP contribution in [0.4, 0.5) is 5.69 Å². The second-order valence-electron chi connectivity index (χ2n) is 4.54. The lowest BCUT2D eigenvalue weighted by Crippen LogP contribution is -2.13. The van der Waals surface area contributed by atoms with E-state index >= 15 is 0 Å². The van der Waals surface area contributed by atoms with E-state index in [9.17, 15) is 4.79 Å². The fourth-order valence-corrected chi connectivity index (χ4v) is 2.41. The van der Waals surface area contributed by atoms with Gasteiger partial charge in [0.25, 0.3) is 0 Å². The molecule has 6 heteroatoms. The fourth-order valence-electron chi connectivity index (χ4n) is 1.76. The minimum absolute atomic E-state index is 0.0167. The van der Waals surface area contributed by atoms with Gasteiger partial charge in [-0.3, -0.25) is 4.79 Å². The second kappa shape index (κ2) is 8.32. The first-order valence-electron chi connectivity index (χ1n) is 6.54. The lowest BCUT2D eigenvalue weighted by Gasteiger charge is -2.09. The van der Waals surface area contributed by atoms with Gasteiger partial charge in [0.15, 0.2) is 0 Å². The summed E-state index contributed by atoms with van der Waals surface area (Å²) in [5, 5.41) is 3.84. The largest absolute Gasteiger partial charge is 0.489 e. The number of carbonyl (C=O) groups excluding carboxylic acids is 1. The quantitative estimate of drug-likeness (QED) is 0.802. The Hall–Kier alpha value is -1.36. The average molecular weight is 356 g/mol. The predicted molar refractivity (Wildman–Crippen MR) is 94.2 cm³/mol. The van der Waals surface area contributed by atoms with E-state index < -0.39 is 0 Å². The molecule has 116 valence electrons. The van der Waals surface area contributed by atoms with Crippen LogP contribution in [0, 0.1) is 0 Å². The van der Waals surface area contributed by atoms with Crippen molar-refractivity contribution in [2.24, 2.45) is 0 Å². The van der Waals surface area contributed by atoms with E-state index in [0.29, 0.717) is 28.2 Å². The lowest BCUT2D eigenvalue weighted by atomic mass is 10.2. The molecule has 1 amide bonds. The number of rotatable bonds is 6. The van der Waals surface area contributed by atoms with Crippen molar-refractivity contribution in [3.05, 3.63) is 58.1 Å². The standard InChI is InChI=1S/C16H15Cl2NO2S/c1-22-10-16(20)19-12-3-5-13(6-4-12)21-9-11-2-7-14(17)15(18)8-11/h2-8H,9-10H2,1H3,(H,19,20). The zero-order valence-electron chi connectivity index (χ0n) is 11.9. The van der Waals surface area contributed by atoms with E-state index in [-0.39, 0.29) is 5.91 Å². The molecular formula is C16H15Cl2NO2S. The van der Waals surface area contributed by atoms with Gasteiger partial charge in [-0.25, -0.2) is 0 Å². The highest BCUT2D eigenvalue weighted by atomic mass is 35.5. The fraction of sp³-hybridized carbons (Fsp3) is 0.188. The highest BCUT2D eigenvalue weighted by Crippen LogP contribution is 2.23. The number of carbonyl (C=O) groups is 1. The Bertz CT molecular complexity index is 647. The van der Waals surface area contributed by atoms with Crippen molar-refractivity contribution in [3.63, 3.8) is 0 Å². The van der Waals surface area contributed by atoms with E-state index in [1.54, 1.807) is 12.1 Å². The van der Waals surface area contributed by atoms with Crippen molar-refractivity contribution in [2.75, 3.05) is 17.3 Å². The first-order valence-corrected chi connectivity index (χ1v) is 8.69. The van der Waals surface area contributed by atoms with Gasteiger partial charge < -0.3 is 10.1 Å². The highest BCUT2D eigenvalue weighted by molar-refractivity contribution is 7.99. The van der Waals surface area contributed by atoms with Gasteiger partial charge in [0.2, 0.25) is 5.91 Å². The molecule has 0 aliphatic heterocycles. The lowest BCUT2D eigenvalue weighted by molar-refractivity contribution is -0.113. The van der Waals surface area contributed by atoms with Gasteiger partial charge in [0.05, 0.1) is 15.8 Å². The molecule has 0 aliphatic rings. The number of nitrogens with one attached hydrogen (secondary N) is 1. The topological polar surface area (TPSA) is 38.3 Å². The molecule has 0 spiro atoms. The van der Waals surface area contributed by atoms with Crippen LogP contribution in [-0.4, -0.2) is 17.9 Å². The molecule has 2 rings (SSSR count). The number of benzene rings is 2. The number of hydrogen-bond acceptors (Lipinski definition) is 3. The van der Waals surface area contributed by atoms with Gasteiger partial charge in [-0.1, -0.05) is 29.3 Å². The van der Waals surface area contributed by atoms with Gasteiger partial charge in [0.1, 0.15) is 12.4 Å². The third-order valence-corrected chi connectivity index (χ3v) is 4.09. The number of thioether (sulfide) groups is 1. The summed E-state index contributed by atoms with van der Waals surface area (Å²) >= 11 is 13.3. The number of anilines is 1. The molecule has 0 aliphatic carbocycles. The summed E-state index contributed by atoms with van der Waals surface area (Å²) < 4.78 is 5.68. The van der Waals surface area contributed by atoms with E-state index in [1.807, 2.05) is 36.6 Å². The summed E-state index contributed by atoms with van der Waals surface area (Å²) in [6.07, 6.45) is 1.89.